The predicted molar refractivity (Wildman–Crippen MR) is 78.0 cm³/mol. The van der Waals surface area contributed by atoms with Crippen molar-refractivity contribution >= 4 is 29.3 Å². The minimum absolute atomic E-state index is 0.0195. The SMILES string of the molecule is C[C@@H](Sc1ccc([N+](=O)[O-])cc1)C(=O)N1CCNC(=O)C1. The first kappa shape index (κ1) is 15.3. The number of hydrogen-bond acceptors (Lipinski definition) is 5. The van der Waals surface area contributed by atoms with Crippen molar-refractivity contribution in [1.82, 2.24) is 10.2 Å². The van der Waals surface area contributed by atoms with Gasteiger partial charge in [-0.1, -0.05) is 0 Å². The van der Waals surface area contributed by atoms with E-state index in [9.17, 15) is 19.7 Å². The van der Waals surface area contributed by atoms with Crippen molar-refractivity contribution < 1.29 is 14.5 Å². The van der Waals surface area contributed by atoms with Gasteiger partial charge in [-0.15, -0.1) is 11.8 Å². The molecule has 1 N–H and O–H groups in total. The fraction of sp³-hybridized carbons (Fsp3) is 0.385. The number of thioether (sulfide) groups is 1. The second-order valence-electron chi connectivity index (χ2n) is 4.62. The Bertz CT molecular complexity index is 561. The molecule has 1 atom stereocenters. The monoisotopic (exact) mass is 309 g/mol. The van der Waals surface area contributed by atoms with Crippen molar-refractivity contribution in [3.8, 4) is 0 Å². The summed E-state index contributed by atoms with van der Waals surface area (Å²) in [6.45, 7) is 2.83. The van der Waals surface area contributed by atoms with E-state index in [-0.39, 0.29) is 29.3 Å². The fourth-order valence-corrected chi connectivity index (χ4v) is 2.94. The number of piperazine rings is 1. The van der Waals surface area contributed by atoms with E-state index in [1.54, 1.807) is 19.1 Å². The van der Waals surface area contributed by atoms with E-state index in [0.29, 0.717) is 13.1 Å². The van der Waals surface area contributed by atoms with Crippen LogP contribution in [0, 0.1) is 10.1 Å². The Morgan fingerprint density at radius 1 is 1.43 bits per heavy atom. The third-order valence-electron chi connectivity index (χ3n) is 3.06. The molecule has 2 amide bonds. The zero-order valence-electron chi connectivity index (χ0n) is 11.4. The first-order valence-corrected chi connectivity index (χ1v) is 7.32. The van der Waals surface area contributed by atoms with Crippen LogP contribution < -0.4 is 5.32 Å². The number of non-ortho nitro benzene ring substituents is 1. The molecule has 0 aliphatic carbocycles. The normalized spacial score (nSPS) is 16.2. The van der Waals surface area contributed by atoms with E-state index in [1.807, 2.05) is 0 Å². The molecule has 21 heavy (non-hydrogen) atoms. The summed E-state index contributed by atoms with van der Waals surface area (Å²) < 4.78 is 0. The standard InChI is InChI=1S/C13H15N3O4S/c1-9(13(18)15-7-6-14-12(17)8-15)21-11-4-2-10(3-5-11)16(19)20/h2-5,9H,6-8H2,1H3,(H,14,17)/t9-/m1/s1. The van der Waals surface area contributed by atoms with Gasteiger partial charge in [0.1, 0.15) is 0 Å². The highest BCUT2D eigenvalue weighted by molar-refractivity contribution is 8.00. The van der Waals surface area contributed by atoms with Crippen molar-refractivity contribution in [1.29, 1.82) is 0 Å². The number of rotatable bonds is 4. The van der Waals surface area contributed by atoms with Crippen molar-refractivity contribution in [2.24, 2.45) is 0 Å². The van der Waals surface area contributed by atoms with Gasteiger partial charge in [-0.2, -0.15) is 0 Å². The maximum Gasteiger partial charge on any atom is 0.269 e. The minimum atomic E-state index is -0.463. The van der Waals surface area contributed by atoms with E-state index in [2.05, 4.69) is 5.32 Å². The van der Waals surface area contributed by atoms with Gasteiger partial charge in [0.05, 0.1) is 16.7 Å². The van der Waals surface area contributed by atoms with Crippen molar-refractivity contribution in [3.63, 3.8) is 0 Å². The van der Waals surface area contributed by atoms with Crippen molar-refractivity contribution in [3.05, 3.63) is 34.4 Å². The quantitative estimate of drug-likeness (QED) is 0.509. The van der Waals surface area contributed by atoms with Crippen molar-refractivity contribution in [2.45, 2.75) is 17.1 Å². The number of hydrogen-bond donors (Lipinski definition) is 1. The van der Waals surface area contributed by atoms with Gasteiger partial charge in [-0.3, -0.25) is 19.7 Å². The molecule has 1 saturated heterocycles. The summed E-state index contributed by atoms with van der Waals surface area (Å²) in [5.41, 5.74) is 0.0195. The highest BCUT2D eigenvalue weighted by Gasteiger charge is 2.25. The largest absolute Gasteiger partial charge is 0.353 e. The topological polar surface area (TPSA) is 92.6 Å². The van der Waals surface area contributed by atoms with Crippen LogP contribution in [0.4, 0.5) is 5.69 Å². The minimum Gasteiger partial charge on any atom is -0.353 e. The molecular weight excluding hydrogens is 294 g/mol. The fourth-order valence-electron chi connectivity index (χ4n) is 1.98. The molecule has 7 nitrogen and oxygen atoms in total. The van der Waals surface area contributed by atoms with Gasteiger partial charge in [0.2, 0.25) is 11.8 Å². The average Bonchev–Trinajstić information content (AvgIpc) is 2.47. The maximum atomic E-state index is 12.2. The number of nitro benzene ring substituents is 1. The maximum absolute atomic E-state index is 12.2. The van der Waals surface area contributed by atoms with Crippen LogP contribution in [0.25, 0.3) is 0 Å². The lowest BCUT2D eigenvalue weighted by Gasteiger charge is -2.28. The first-order valence-electron chi connectivity index (χ1n) is 6.44. The molecule has 1 fully saturated rings. The number of carbonyl (C=O) groups is 2. The van der Waals surface area contributed by atoms with Crippen molar-refractivity contribution in [2.75, 3.05) is 19.6 Å². The van der Waals surface area contributed by atoms with Gasteiger partial charge in [0.25, 0.3) is 5.69 Å². The number of nitrogens with zero attached hydrogens (tertiary/aromatic N) is 2. The second kappa shape index (κ2) is 6.57. The Labute approximate surface area is 125 Å². The van der Waals surface area contributed by atoms with Crippen LogP contribution in [0.3, 0.4) is 0 Å². The lowest BCUT2D eigenvalue weighted by molar-refractivity contribution is -0.384. The van der Waals surface area contributed by atoms with E-state index in [1.165, 1.54) is 28.8 Å². The summed E-state index contributed by atoms with van der Waals surface area (Å²) >= 11 is 1.32. The molecule has 0 aromatic heterocycles. The molecule has 1 aromatic carbocycles. The zero-order chi connectivity index (χ0) is 15.4. The summed E-state index contributed by atoms with van der Waals surface area (Å²) in [5.74, 6) is -0.254. The van der Waals surface area contributed by atoms with E-state index < -0.39 is 4.92 Å². The third-order valence-corrected chi connectivity index (χ3v) is 4.16. The molecule has 0 bridgehead atoms. The Morgan fingerprint density at radius 3 is 2.67 bits per heavy atom. The lowest BCUT2D eigenvalue weighted by atomic mass is 10.3. The van der Waals surface area contributed by atoms with Crippen LogP contribution in [0.15, 0.2) is 29.2 Å². The molecule has 2 rings (SSSR count). The Hall–Kier alpha value is -2.09. The average molecular weight is 309 g/mol. The zero-order valence-corrected chi connectivity index (χ0v) is 12.3. The lowest BCUT2D eigenvalue weighted by Crippen LogP contribution is -2.51. The molecule has 0 spiro atoms. The predicted octanol–water partition coefficient (Wildman–Crippen LogP) is 1.03. The molecule has 112 valence electrons. The van der Waals surface area contributed by atoms with E-state index in [0.717, 1.165) is 4.90 Å². The summed E-state index contributed by atoms with van der Waals surface area (Å²) in [4.78, 5) is 36.0. The molecule has 1 aliphatic rings. The van der Waals surface area contributed by atoms with Crippen LogP contribution in [0.2, 0.25) is 0 Å². The number of benzene rings is 1. The van der Waals surface area contributed by atoms with Gasteiger partial charge in [-0.05, 0) is 19.1 Å². The van der Waals surface area contributed by atoms with Crippen LogP contribution in [0.5, 0.6) is 0 Å². The highest BCUT2D eigenvalue weighted by Crippen LogP contribution is 2.26. The highest BCUT2D eigenvalue weighted by atomic mass is 32.2. The summed E-state index contributed by atoms with van der Waals surface area (Å²) in [6.07, 6.45) is 0. The molecule has 0 radical (unpaired) electrons. The number of nitro groups is 1. The molecule has 8 heteroatoms. The van der Waals surface area contributed by atoms with Crippen LogP contribution >= 0.6 is 11.8 Å². The smallest absolute Gasteiger partial charge is 0.269 e. The van der Waals surface area contributed by atoms with Gasteiger partial charge < -0.3 is 10.2 Å². The number of nitrogens with one attached hydrogen (secondary N) is 1. The van der Waals surface area contributed by atoms with Gasteiger partial charge in [-0.25, -0.2) is 0 Å². The van der Waals surface area contributed by atoms with E-state index >= 15 is 0 Å². The number of carbonyl (C=O) groups excluding carboxylic acids is 2. The van der Waals surface area contributed by atoms with Gasteiger partial charge in [0, 0.05) is 30.1 Å². The molecule has 1 aromatic rings. The molecule has 0 unspecified atom stereocenters. The second-order valence-corrected chi connectivity index (χ2v) is 6.04. The summed E-state index contributed by atoms with van der Waals surface area (Å²) in [7, 11) is 0. The molecule has 1 aliphatic heterocycles. The first-order chi connectivity index (χ1) is 9.97. The van der Waals surface area contributed by atoms with Crippen LogP contribution in [-0.4, -0.2) is 46.5 Å². The molecule has 1 heterocycles. The Balaban J connectivity index is 1.96. The van der Waals surface area contributed by atoms with Gasteiger partial charge >= 0.3 is 0 Å². The molecule has 0 saturated carbocycles. The van der Waals surface area contributed by atoms with E-state index in [4.69, 9.17) is 0 Å². The molecular formula is C13H15N3O4S. The van der Waals surface area contributed by atoms with Gasteiger partial charge in [0.15, 0.2) is 0 Å². The third kappa shape index (κ3) is 3.94. The van der Waals surface area contributed by atoms with Crippen LogP contribution in [-0.2, 0) is 9.59 Å². The Morgan fingerprint density at radius 2 is 2.10 bits per heavy atom. The number of amides is 2. The summed E-state index contributed by atoms with van der Waals surface area (Å²) in [6, 6.07) is 6.06. The Kier molecular flexibility index (Phi) is 4.79. The summed E-state index contributed by atoms with van der Waals surface area (Å²) in [5, 5.41) is 12.9. The van der Waals surface area contributed by atoms with Crippen LogP contribution in [0.1, 0.15) is 6.92 Å².